The van der Waals surface area contributed by atoms with Gasteiger partial charge in [-0.05, 0) is 31.7 Å². The lowest BCUT2D eigenvalue weighted by atomic mass is 10.2. The molecule has 2 aromatic rings. The van der Waals surface area contributed by atoms with E-state index in [1.165, 1.54) is 0 Å². The number of carboxylic acid groups (broad SMARTS) is 1. The van der Waals surface area contributed by atoms with E-state index in [4.69, 9.17) is 4.42 Å². The van der Waals surface area contributed by atoms with Crippen molar-refractivity contribution in [1.29, 1.82) is 0 Å². The van der Waals surface area contributed by atoms with E-state index >= 15 is 0 Å². The number of nitrogens with zero attached hydrogens (tertiary/aromatic N) is 3. The van der Waals surface area contributed by atoms with Crippen LogP contribution in [0.1, 0.15) is 27.6 Å². The van der Waals surface area contributed by atoms with E-state index in [1.54, 1.807) is 19.9 Å². The fourth-order valence-corrected chi connectivity index (χ4v) is 2.55. The van der Waals surface area contributed by atoms with Crippen LogP contribution in [0.25, 0.3) is 0 Å². The summed E-state index contributed by atoms with van der Waals surface area (Å²) in [6.07, 6.45) is 0. The first kappa shape index (κ1) is 12.6. The number of carbonyl (C=O) groups is 1. The zero-order valence-corrected chi connectivity index (χ0v) is 10.9. The Morgan fingerprint density at radius 1 is 1.33 bits per heavy atom. The van der Waals surface area contributed by atoms with Gasteiger partial charge in [0.2, 0.25) is 5.89 Å². The van der Waals surface area contributed by atoms with Crippen molar-refractivity contribution in [2.45, 2.75) is 30.9 Å². The second kappa shape index (κ2) is 4.77. The first-order chi connectivity index (χ1) is 8.47. The highest BCUT2D eigenvalue weighted by Gasteiger charge is 2.18. The Bertz CT molecular complexity index is 610. The van der Waals surface area contributed by atoms with E-state index in [0.29, 0.717) is 21.7 Å². The number of aryl methyl sites for hydroxylation is 3. The standard InChI is InChI=1S/C11H11N3O3S/c1-5-4-8(9(10(15)16)6(2)12-5)18-11-14-13-7(3)17-11/h4H,1-3H3,(H,15,16). The Morgan fingerprint density at radius 3 is 2.61 bits per heavy atom. The maximum absolute atomic E-state index is 11.2. The number of pyridine rings is 1. The van der Waals surface area contributed by atoms with Crippen LogP contribution in [-0.2, 0) is 0 Å². The summed E-state index contributed by atoms with van der Waals surface area (Å²) in [5.41, 5.74) is 1.39. The molecule has 2 aromatic heterocycles. The van der Waals surface area contributed by atoms with Crippen molar-refractivity contribution in [2.24, 2.45) is 0 Å². The molecule has 0 aliphatic rings. The lowest BCUT2D eigenvalue weighted by molar-refractivity contribution is 0.0691. The summed E-state index contributed by atoms with van der Waals surface area (Å²) in [7, 11) is 0. The summed E-state index contributed by atoms with van der Waals surface area (Å²) in [6, 6.07) is 1.70. The van der Waals surface area contributed by atoms with Gasteiger partial charge in [0.1, 0.15) is 0 Å². The Kier molecular flexibility index (Phi) is 3.33. The van der Waals surface area contributed by atoms with Crippen molar-refractivity contribution in [3.63, 3.8) is 0 Å². The van der Waals surface area contributed by atoms with Gasteiger partial charge in [0, 0.05) is 17.5 Å². The summed E-state index contributed by atoms with van der Waals surface area (Å²) in [4.78, 5) is 15.9. The van der Waals surface area contributed by atoms with Crippen LogP contribution >= 0.6 is 11.8 Å². The number of hydrogen-bond donors (Lipinski definition) is 1. The first-order valence-electron chi connectivity index (χ1n) is 5.17. The number of aromatic nitrogens is 3. The Labute approximate surface area is 107 Å². The molecule has 0 saturated heterocycles. The highest BCUT2D eigenvalue weighted by Crippen LogP contribution is 2.31. The number of carboxylic acids is 1. The van der Waals surface area contributed by atoms with Crippen molar-refractivity contribution in [1.82, 2.24) is 15.2 Å². The molecule has 18 heavy (non-hydrogen) atoms. The molecule has 94 valence electrons. The molecular formula is C11H11N3O3S. The number of rotatable bonds is 3. The third-order valence-electron chi connectivity index (χ3n) is 2.21. The fourth-order valence-electron chi connectivity index (χ4n) is 1.55. The summed E-state index contributed by atoms with van der Waals surface area (Å²) in [5, 5.41) is 17.1. The molecule has 7 heteroatoms. The highest BCUT2D eigenvalue weighted by atomic mass is 32.2. The predicted molar refractivity (Wildman–Crippen MR) is 63.8 cm³/mol. The number of hydrogen-bond acceptors (Lipinski definition) is 6. The van der Waals surface area contributed by atoms with E-state index in [-0.39, 0.29) is 5.56 Å². The van der Waals surface area contributed by atoms with Gasteiger partial charge in [-0.2, -0.15) is 0 Å². The average Bonchev–Trinajstić information content (AvgIpc) is 2.62. The average molecular weight is 265 g/mol. The van der Waals surface area contributed by atoms with Crippen molar-refractivity contribution in [3.8, 4) is 0 Å². The maximum atomic E-state index is 11.2. The molecule has 0 saturated carbocycles. The summed E-state index contributed by atoms with van der Waals surface area (Å²) in [5.74, 6) is -0.574. The topological polar surface area (TPSA) is 89.1 Å². The van der Waals surface area contributed by atoms with E-state index in [9.17, 15) is 9.90 Å². The van der Waals surface area contributed by atoms with E-state index in [1.807, 2.05) is 6.92 Å². The van der Waals surface area contributed by atoms with E-state index in [0.717, 1.165) is 17.5 Å². The minimum absolute atomic E-state index is 0.168. The molecule has 0 unspecified atom stereocenters. The van der Waals surface area contributed by atoms with Gasteiger partial charge in [-0.3, -0.25) is 4.98 Å². The normalized spacial score (nSPS) is 10.6. The van der Waals surface area contributed by atoms with E-state index in [2.05, 4.69) is 15.2 Å². The monoisotopic (exact) mass is 265 g/mol. The third kappa shape index (κ3) is 2.51. The third-order valence-corrected chi connectivity index (χ3v) is 3.09. The maximum Gasteiger partial charge on any atom is 0.338 e. The van der Waals surface area contributed by atoms with Gasteiger partial charge in [-0.1, -0.05) is 0 Å². The largest absolute Gasteiger partial charge is 0.478 e. The minimum Gasteiger partial charge on any atom is -0.478 e. The van der Waals surface area contributed by atoms with Crippen LogP contribution in [0.2, 0.25) is 0 Å². The SMILES string of the molecule is Cc1cc(Sc2nnc(C)o2)c(C(=O)O)c(C)n1. The molecule has 6 nitrogen and oxygen atoms in total. The van der Waals surface area contributed by atoms with Gasteiger partial charge >= 0.3 is 5.97 Å². The Balaban J connectivity index is 2.45. The Morgan fingerprint density at radius 2 is 2.06 bits per heavy atom. The molecule has 2 heterocycles. The smallest absolute Gasteiger partial charge is 0.338 e. The van der Waals surface area contributed by atoms with Crippen LogP contribution in [0.3, 0.4) is 0 Å². The van der Waals surface area contributed by atoms with Gasteiger partial charge in [-0.25, -0.2) is 4.79 Å². The molecule has 1 N–H and O–H groups in total. The molecule has 0 fully saturated rings. The van der Waals surface area contributed by atoms with Gasteiger partial charge in [0.05, 0.1) is 11.3 Å². The van der Waals surface area contributed by atoms with E-state index < -0.39 is 5.97 Å². The van der Waals surface area contributed by atoms with Crippen molar-refractivity contribution < 1.29 is 14.3 Å². The van der Waals surface area contributed by atoms with Crippen LogP contribution in [-0.4, -0.2) is 26.3 Å². The fraction of sp³-hybridized carbons (Fsp3) is 0.273. The summed E-state index contributed by atoms with van der Waals surface area (Å²) < 4.78 is 5.23. The molecule has 0 spiro atoms. The lowest BCUT2D eigenvalue weighted by Gasteiger charge is -2.07. The van der Waals surface area contributed by atoms with Gasteiger partial charge in [0.15, 0.2) is 0 Å². The van der Waals surface area contributed by atoms with Crippen molar-refractivity contribution >= 4 is 17.7 Å². The second-order valence-electron chi connectivity index (χ2n) is 3.72. The summed E-state index contributed by atoms with van der Waals surface area (Å²) in [6.45, 7) is 5.15. The van der Waals surface area contributed by atoms with Crippen molar-refractivity contribution in [2.75, 3.05) is 0 Å². The molecule has 0 aliphatic heterocycles. The van der Waals surface area contributed by atoms with Crippen LogP contribution < -0.4 is 0 Å². The van der Waals surface area contributed by atoms with Gasteiger partial charge in [-0.15, -0.1) is 10.2 Å². The quantitative estimate of drug-likeness (QED) is 0.910. The predicted octanol–water partition coefficient (Wildman–Crippen LogP) is 2.24. The molecule has 0 bridgehead atoms. The minimum atomic E-state index is -1.02. The van der Waals surface area contributed by atoms with Crippen LogP contribution in [0.4, 0.5) is 0 Å². The van der Waals surface area contributed by atoms with Crippen LogP contribution in [0.15, 0.2) is 20.6 Å². The van der Waals surface area contributed by atoms with Crippen LogP contribution in [0.5, 0.6) is 0 Å². The second-order valence-corrected chi connectivity index (χ2v) is 4.71. The zero-order valence-electron chi connectivity index (χ0n) is 10.1. The highest BCUT2D eigenvalue weighted by molar-refractivity contribution is 7.99. The van der Waals surface area contributed by atoms with Gasteiger partial charge in [0.25, 0.3) is 5.22 Å². The molecule has 0 amide bonds. The molecule has 0 aliphatic carbocycles. The van der Waals surface area contributed by atoms with Gasteiger partial charge < -0.3 is 9.52 Å². The molecule has 0 radical (unpaired) electrons. The first-order valence-corrected chi connectivity index (χ1v) is 5.98. The molecule has 2 rings (SSSR count). The lowest BCUT2D eigenvalue weighted by Crippen LogP contribution is -2.05. The summed E-state index contributed by atoms with van der Waals surface area (Å²) >= 11 is 1.13. The molecule has 0 atom stereocenters. The number of aromatic carboxylic acids is 1. The molecule has 0 aromatic carbocycles. The van der Waals surface area contributed by atoms with Crippen molar-refractivity contribution in [3.05, 3.63) is 28.9 Å². The molecular weight excluding hydrogens is 254 g/mol. The van der Waals surface area contributed by atoms with Crippen LogP contribution in [0, 0.1) is 20.8 Å². The Hall–Kier alpha value is -1.89. The zero-order chi connectivity index (χ0) is 13.3.